The van der Waals surface area contributed by atoms with Crippen LogP contribution in [-0.4, -0.2) is 41.5 Å². The molecule has 1 N–H and O–H groups in total. The van der Waals surface area contributed by atoms with Crippen molar-refractivity contribution in [1.29, 1.82) is 0 Å². The predicted octanol–water partition coefficient (Wildman–Crippen LogP) is 5.33. The van der Waals surface area contributed by atoms with E-state index in [9.17, 15) is 9.90 Å². The fraction of sp³-hybridized carbons (Fsp3) is 0.893. The van der Waals surface area contributed by atoms with Crippen LogP contribution in [-0.2, 0) is 4.79 Å². The first-order valence-corrected chi connectivity index (χ1v) is 13.2. The molecule has 174 valence electrons. The first-order valence-electron chi connectivity index (χ1n) is 13.2. The second-order valence-corrected chi connectivity index (χ2v) is 13.1. The average Bonchev–Trinajstić information content (AvgIpc) is 3.01. The molecule has 3 saturated carbocycles. The Morgan fingerprint density at radius 1 is 1.16 bits per heavy atom. The number of allylic oxidation sites excluding steroid dienone is 2. The van der Waals surface area contributed by atoms with Gasteiger partial charge in [-0.25, -0.2) is 0 Å². The summed E-state index contributed by atoms with van der Waals surface area (Å²) in [6.07, 6.45) is 13.5. The molecule has 1 aliphatic heterocycles. The summed E-state index contributed by atoms with van der Waals surface area (Å²) in [4.78, 5) is 15.8. The Balaban J connectivity index is 1.37. The highest BCUT2D eigenvalue weighted by Gasteiger charge is 2.62. The van der Waals surface area contributed by atoms with Gasteiger partial charge in [0.05, 0.1) is 6.10 Å². The number of piperidine rings is 1. The maximum atomic E-state index is 13.2. The normalized spacial score (nSPS) is 53.5. The smallest absolute Gasteiger partial charge is 0.136 e. The van der Waals surface area contributed by atoms with Gasteiger partial charge in [0.25, 0.3) is 0 Å². The molecule has 0 aromatic rings. The molecule has 0 bridgehead atoms. The molecule has 5 aliphatic rings. The molecule has 1 heterocycles. The Morgan fingerprint density at radius 2 is 1.94 bits per heavy atom. The third-order valence-corrected chi connectivity index (χ3v) is 11.1. The Morgan fingerprint density at radius 3 is 2.68 bits per heavy atom. The number of carbonyl (C=O) groups is 1. The minimum Gasteiger partial charge on any atom is -0.393 e. The van der Waals surface area contributed by atoms with Crippen molar-refractivity contribution in [1.82, 2.24) is 4.90 Å². The van der Waals surface area contributed by atoms with Gasteiger partial charge < -0.3 is 10.0 Å². The number of rotatable bonds is 2. The predicted molar refractivity (Wildman–Crippen MR) is 125 cm³/mol. The zero-order chi connectivity index (χ0) is 22.1. The van der Waals surface area contributed by atoms with Crippen LogP contribution in [0.2, 0.25) is 0 Å². The van der Waals surface area contributed by atoms with Gasteiger partial charge in [-0.05, 0) is 98.3 Å². The number of hydrogen-bond acceptors (Lipinski definition) is 3. The molecular formula is C28H45NO2. The van der Waals surface area contributed by atoms with Crippen molar-refractivity contribution in [3.8, 4) is 0 Å². The van der Waals surface area contributed by atoms with Crippen LogP contribution in [0.25, 0.3) is 0 Å². The van der Waals surface area contributed by atoms with Crippen LogP contribution in [0.4, 0.5) is 0 Å². The van der Waals surface area contributed by atoms with Crippen molar-refractivity contribution in [3.63, 3.8) is 0 Å². The molecule has 31 heavy (non-hydrogen) atoms. The summed E-state index contributed by atoms with van der Waals surface area (Å²) in [6.45, 7) is 11.1. The highest BCUT2D eigenvalue weighted by molar-refractivity contribution is 5.83. The number of fused-ring (bicyclic) bond motifs is 5. The summed E-state index contributed by atoms with van der Waals surface area (Å²) in [5.74, 6) is 4.48. The highest BCUT2D eigenvalue weighted by atomic mass is 16.3. The molecule has 0 aromatic heterocycles. The summed E-state index contributed by atoms with van der Waals surface area (Å²) in [7, 11) is 2.34. The minimum absolute atomic E-state index is 0.0952. The number of nitrogens with zero attached hydrogens (tertiary/aromatic N) is 1. The number of aliphatic hydroxyl groups excluding tert-OH is 1. The lowest BCUT2D eigenvalue weighted by molar-refractivity contribution is -0.144. The van der Waals surface area contributed by atoms with E-state index in [1.54, 1.807) is 0 Å². The first-order chi connectivity index (χ1) is 14.6. The number of aliphatic hydroxyl groups is 1. The molecule has 0 amide bonds. The van der Waals surface area contributed by atoms with E-state index in [0.29, 0.717) is 53.3 Å². The molecule has 3 nitrogen and oxygen atoms in total. The third-order valence-electron chi connectivity index (χ3n) is 11.1. The first kappa shape index (κ1) is 22.1. The molecule has 0 spiro atoms. The van der Waals surface area contributed by atoms with E-state index >= 15 is 0 Å². The van der Waals surface area contributed by atoms with Crippen molar-refractivity contribution in [2.45, 2.75) is 91.2 Å². The highest BCUT2D eigenvalue weighted by Crippen LogP contribution is 2.67. The number of hydrogen-bond donors (Lipinski definition) is 1. The number of Topliss-reactive ketones (excluding diaryl/α,β-unsaturated/α-hetero) is 1. The van der Waals surface area contributed by atoms with Crippen molar-refractivity contribution in [2.75, 3.05) is 13.6 Å². The number of carbonyl (C=O) groups excluding carboxylic acids is 1. The lowest BCUT2D eigenvalue weighted by atomic mass is 9.52. The van der Waals surface area contributed by atoms with Crippen LogP contribution >= 0.6 is 0 Å². The van der Waals surface area contributed by atoms with Gasteiger partial charge >= 0.3 is 0 Å². The van der Waals surface area contributed by atoms with Gasteiger partial charge in [-0.1, -0.05) is 39.8 Å². The zero-order valence-corrected chi connectivity index (χ0v) is 20.5. The summed E-state index contributed by atoms with van der Waals surface area (Å²) < 4.78 is 0. The van der Waals surface area contributed by atoms with Gasteiger partial charge in [-0.3, -0.25) is 4.79 Å². The van der Waals surface area contributed by atoms with Crippen molar-refractivity contribution in [2.24, 2.45) is 52.3 Å². The van der Waals surface area contributed by atoms with Crippen LogP contribution < -0.4 is 0 Å². The Bertz CT molecular complexity index is 747. The summed E-state index contributed by atoms with van der Waals surface area (Å²) >= 11 is 0. The van der Waals surface area contributed by atoms with Crippen LogP contribution in [0.3, 0.4) is 0 Å². The van der Waals surface area contributed by atoms with E-state index in [2.05, 4.69) is 51.8 Å². The van der Waals surface area contributed by atoms with E-state index in [4.69, 9.17) is 0 Å². The lowest BCUT2D eigenvalue weighted by Crippen LogP contribution is -2.51. The topological polar surface area (TPSA) is 40.5 Å². The van der Waals surface area contributed by atoms with Gasteiger partial charge in [0.2, 0.25) is 0 Å². The lowest BCUT2D eigenvalue weighted by Gasteiger charge is -2.52. The second-order valence-electron chi connectivity index (χ2n) is 13.1. The average molecular weight is 428 g/mol. The molecule has 11 atom stereocenters. The summed E-state index contributed by atoms with van der Waals surface area (Å²) in [5, 5.41) is 10.3. The van der Waals surface area contributed by atoms with Crippen LogP contribution in [0.15, 0.2) is 12.2 Å². The summed E-state index contributed by atoms with van der Waals surface area (Å²) in [6, 6.07) is 0.706. The van der Waals surface area contributed by atoms with Crippen molar-refractivity contribution in [3.05, 3.63) is 12.2 Å². The van der Waals surface area contributed by atoms with Gasteiger partial charge in [0.1, 0.15) is 5.78 Å². The standard InChI is InChI=1S/C28H45NO2/c1-17-6-9-25(29(5)16-17)18(2)19-7-8-22-21-13-26(31)23-12-20(30)10-11-28(23,4)24(21)15-27(22,3)14-19/h7-8,17-25,30H,6,9-16H2,1-5H3/t17-,18?,19+,20-,21?,22?,23?,24?,25?,27+,28-/m1/s1. The van der Waals surface area contributed by atoms with Gasteiger partial charge in [0.15, 0.2) is 0 Å². The fourth-order valence-electron chi connectivity index (χ4n) is 9.35. The third kappa shape index (κ3) is 3.48. The largest absolute Gasteiger partial charge is 0.393 e. The van der Waals surface area contributed by atoms with Crippen LogP contribution in [0, 0.1) is 52.3 Å². The van der Waals surface area contributed by atoms with E-state index in [1.807, 2.05) is 0 Å². The molecule has 4 aliphatic carbocycles. The van der Waals surface area contributed by atoms with Gasteiger partial charge in [-0.2, -0.15) is 0 Å². The van der Waals surface area contributed by atoms with Gasteiger partial charge in [0, 0.05) is 24.9 Å². The Hall–Kier alpha value is -0.670. The maximum absolute atomic E-state index is 13.2. The van der Waals surface area contributed by atoms with Crippen molar-refractivity contribution < 1.29 is 9.90 Å². The molecule has 6 unspecified atom stereocenters. The maximum Gasteiger partial charge on any atom is 0.136 e. The fourth-order valence-corrected chi connectivity index (χ4v) is 9.35. The number of ketones is 1. The minimum atomic E-state index is -0.266. The molecule has 0 radical (unpaired) electrons. The Labute approximate surface area is 190 Å². The van der Waals surface area contributed by atoms with Crippen molar-refractivity contribution >= 4 is 5.78 Å². The van der Waals surface area contributed by atoms with Crippen LogP contribution in [0.1, 0.15) is 79.1 Å². The van der Waals surface area contributed by atoms with E-state index in [-0.39, 0.29) is 17.4 Å². The van der Waals surface area contributed by atoms with E-state index < -0.39 is 0 Å². The molecule has 4 fully saturated rings. The zero-order valence-electron chi connectivity index (χ0n) is 20.5. The number of likely N-dealkylation sites (tertiary alicyclic amines) is 1. The monoisotopic (exact) mass is 427 g/mol. The SMILES string of the molecule is CC(C1CC[C@@H](C)CN1C)[C@H]1C=CC2C3CC(=O)C4C[C@H](O)CC[C@@]4(C)C3C[C@]2(C)C1. The second kappa shape index (κ2) is 7.69. The quantitative estimate of drug-likeness (QED) is 0.606. The molecule has 3 heteroatoms. The molecule has 5 rings (SSSR count). The van der Waals surface area contributed by atoms with Crippen LogP contribution in [0.5, 0.6) is 0 Å². The Kier molecular flexibility index (Phi) is 5.49. The molecule has 1 saturated heterocycles. The summed E-state index contributed by atoms with van der Waals surface area (Å²) in [5.41, 5.74) is 0.437. The molecular weight excluding hydrogens is 382 g/mol. The van der Waals surface area contributed by atoms with E-state index in [1.165, 1.54) is 32.2 Å². The molecule has 0 aromatic carbocycles. The van der Waals surface area contributed by atoms with E-state index in [0.717, 1.165) is 25.2 Å². The van der Waals surface area contributed by atoms with Gasteiger partial charge in [-0.15, -0.1) is 0 Å².